The number of nitrogens with zero attached hydrogens (tertiary/aromatic N) is 4. The number of aliphatic imine (C=N–C) groups is 1. The van der Waals surface area contributed by atoms with Crippen molar-refractivity contribution < 1.29 is 4.74 Å². The van der Waals surface area contributed by atoms with E-state index in [2.05, 4.69) is 65.8 Å². The number of benzene rings is 1. The highest BCUT2D eigenvalue weighted by Crippen LogP contribution is 2.10. The second-order valence-corrected chi connectivity index (χ2v) is 7.06. The van der Waals surface area contributed by atoms with Crippen LogP contribution in [0.1, 0.15) is 45.2 Å². The topological polar surface area (TPSA) is 76.4 Å². The molecule has 0 spiro atoms. The van der Waals surface area contributed by atoms with Crippen LogP contribution in [0.4, 0.5) is 0 Å². The molecule has 2 aromatic rings. The lowest BCUT2D eigenvalue weighted by Crippen LogP contribution is -2.39. The summed E-state index contributed by atoms with van der Waals surface area (Å²) in [6.45, 7) is 12.3. The molecule has 1 unspecified atom stereocenters. The van der Waals surface area contributed by atoms with Gasteiger partial charge in [0.15, 0.2) is 5.96 Å². The number of aromatic nitrogens is 3. The van der Waals surface area contributed by atoms with Gasteiger partial charge in [-0.05, 0) is 37.3 Å². The van der Waals surface area contributed by atoms with Gasteiger partial charge in [0.1, 0.15) is 12.7 Å². The molecule has 8 heteroatoms. The summed E-state index contributed by atoms with van der Waals surface area (Å²) in [5.41, 5.74) is 2.36. The van der Waals surface area contributed by atoms with Crippen molar-refractivity contribution in [3.05, 3.63) is 48.0 Å². The molecule has 0 aliphatic rings. The van der Waals surface area contributed by atoms with Gasteiger partial charge in [0.25, 0.3) is 0 Å². The van der Waals surface area contributed by atoms with E-state index in [1.807, 2.05) is 11.6 Å². The van der Waals surface area contributed by atoms with E-state index in [9.17, 15) is 0 Å². The van der Waals surface area contributed by atoms with Crippen LogP contribution in [0, 0.1) is 5.92 Å². The number of guanidine groups is 1. The zero-order valence-corrected chi connectivity index (χ0v) is 20.3. The number of hydrogen-bond donors (Lipinski definition) is 2. The van der Waals surface area contributed by atoms with Gasteiger partial charge in [0.05, 0.1) is 19.2 Å². The van der Waals surface area contributed by atoms with Crippen molar-refractivity contribution in [2.75, 3.05) is 19.7 Å². The number of hydrogen-bond acceptors (Lipinski definition) is 4. The smallest absolute Gasteiger partial charge is 0.191 e. The van der Waals surface area contributed by atoms with Gasteiger partial charge in [0.2, 0.25) is 0 Å². The first-order chi connectivity index (χ1) is 13.6. The molecule has 1 aromatic carbocycles. The molecule has 0 radical (unpaired) electrons. The van der Waals surface area contributed by atoms with Crippen LogP contribution < -0.4 is 10.6 Å². The van der Waals surface area contributed by atoms with Gasteiger partial charge >= 0.3 is 0 Å². The molecule has 29 heavy (non-hydrogen) atoms. The van der Waals surface area contributed by atoms with Crippen molar-refractivity contribution in [1.82, 2.24) is 25.4 Å². The molecule has 0 aliphatic heterocycles. The fourth-order valence-corrected chi connectivity index (χ4v) is 3.00. The van der Waals surface area contributed by atoms with Crippen molar-refractivity contribution in [3.8, 4) is 0 Å². The summed E-state index contributed by atoms with van der Waals surface area (Å²) < 4.78 is 7.64. The second kappa shape index (κ2) is 14.3. The van der Waals surface area contributed by atoms with E-state index in [0.29, 0.717) is 19.0 Å². The molecule has 0 saturated heterocycles. The highest BCUT2D eigenvalue weighted by molar-refractivity contribution is 14.0. The number of ether oxygens (including phenoxy) is 1. The lowest BCUT2D eigenvalue weighted by atomic mass is 10.0. The maximum absolute atomic E-state index is 5.82. The lowest BCUT2D eigenvalue weighted by molar-refractivity contribution is 0.0258. The fraction of sp³-hybridized carbons (Fsp3) is 0.571. The Morgan fingerprint density at radius 3 is 2.66 bits per heavy atom. The van der Waals surface area contributed by atoms with E-state index in [0.717, 1.165) is 32.1 Å². The SMILES string of the molecule is CCNC(=NCc1cccc(Cn2cncn2)c1)NCCC(OCC)C(C)C.I. The first-order valence-corrected chi connectivity index (χ1v) is 10.2. The summed E-state index contributed by atoms with van der Waals surface area (Å²) in [4.78, 5) is 8.72. The van der Waals surface area contributed by atoms with Crippen LogP contribution in [0.2, 0.25) is 0 Å². The Hall–Kier alpha value is -1.68. The first-order valence-electron chi connectivity index (χ1n) is 10.2. The van der Waals surface area contributed by atoms with E-state index < -0.39 is 0 Å². The molecule has 0 fully saturated rings. The Bertz CT molecular complexity index is 705. The number of rotatable bonds is 11. The Labute approximate surface area is 191 Å². The van der Waals surface area contributed by atoms with Crippen molar-refractivity contribution in [3.63, 3.8) is 0 Å². The van der Waals surface area contributed by atoms with Gasteiger partial charge in [0, 0.05) is 19.7 Å². The second-order valence-electron chi connectivity index (χ2n) is 7.06. The largest absolute Gasteiger partial charge is 0.378 e. The predicted octanol–water partition coefficient (Wildman–Crippen LogP) is 3.45. The van der Waals surface area contributed by atoms with Crippen LogP contribution in [0.5, 0.6) is 0 Å². The highest BCUT2D eigenvalue weighted by atomic mass is 127. The molecule has 0 aliphatic carbocycles. The molecular formula is C21H35IN6O. The van der Waals surface area contributed by atoms with Crippen LogP contribution in [0.3, 0.4) is 0 Å². The molecule has 162 valence electrons. The molecule has 1 atom stereocenters. The van der Waals surface area contributed by atoms with E-state index in [4.69, 9.17) is 9.73 Å². The van der Waals surface area contributed by atoms with Gasteiger partial charge in [-0.15, -0.1) is 24.0 Å². The molecule has 2 rings (SSSR count). The van der Waals surface area contributed by atoms with Gasteiger partial charge in [-0.2, -0.15) is 5.10 Å². The summed E-state index contributed by atoms with van der Waals surface area (Å²) in [5.74, 6) is 1.34. The molecule has 0 bridgehead atoms. The third-order valence-electron chi connectivity index (χ3n) is 4.41. The van der Waals surface area contributed by atoms with Crippen molar-refractivity contribution in [2.24, 2.45) is 10.9 Å². The quantitative estimate of drug-likeness (QED) is 0.273. The molecule has 0 saturated carbocycles. The average molecular weight is 514 g/mol. The monoisotopic (exact) mass is 514 g/mol. The summed E-state index contributed by atoms with van der Waals surface area (Å²) >= 11 is 0. The molecular weight excluding hydrogens is 479 g/mol. The third kappa shape index (κ3) is 9.58. The van der Waals surface area contributed by atoms with E-state index >= 15 is 0 Å². The van der Waals surface area contributed by atoms with Crippen molar-refractivity contribution in [1.29, 1.82) is 0 Å². The molecule has 1 heterocycles. The van der Waals surface area contributed by atoms with Gasteiger partial charge in [-0.3, -0.25) is 0 Å². The summed E-state index contributed by atoms with van der Waals surface area (Å²) in [6, 6.07) is 8.42. The molecule has 7 nitrogen and oxygen atoms in total. The summed E-state index contributed by atoms with van der Waals surface area (Å²) in [5, 5.41) is 10.9. The molecule has 1 aromatic heterocycles. The zero-order chi connectivity index (χ0) is 20.2. The Morgan fingerprint density at radius 2 is 2.00 bits per heavy atom. The van der Waals surface area contributed by atoms with Crippen LogP contribution in [-0.4, -0.2) is 46.5 Å². The maximum Gasteiger partial charge on any atom is 0.191 e. The molecule has 0 amide bonds. The van der Waals surface area contributed by atoms with E-state index in [1.54, 1.807) is 12.7 Å². The number of nitrogens with one attached hydrogen (secondary N) is 2. The minimum Gasteiger partial charge on any atom is -0.378 e. The van der Waals surface area contributed by atoms with Gasteiger partial charge < -0.3 is 15.4 Å². The third-order valence-corrected chi connectivity index (χ3v) is 4.41. The van der Waals surface area contributed by atoms with Crippen LogP contribution in [0.15, 0.2) is 41.9 Å². The van der Waals surface area contributed by atoms with Gasteiger partial charge in [-0.25, -0.2) is 14.7 Å². The van der Waals surface area contributed by atoms with Gasteiger partial charge in [-0.1, -0.05) is 38.1 Å². The fourth-order valence-electron chi connectivity index (χ4n) is 3.00. The average Bonchev–Trinajstić information content (AvgIpc) is 3.18. The highest BCUT2D eigenvalue weighted by Gasteiger charge is 2.12. The summed E-state index contributed by atoms with van der Waals surface area (Å²) in [6.07, 6.45) is 4.51. The molecule has 2 N–H and O–H groups in total. The van der Waals surface area contributed by atoms with E-state index in [1.165, 1.54) is 11.1 Å². The van der Waals surface area contributed by atoms with Crippen LogP contribution >= 0.6 is 24.0 Å². The lowest BCUT2D eigenvalue weighted by Gasteiger charge is -2.21. The maximum atomic E-state index is 5.82. The minimum atomic E-state index is 0. The first kappa shape index (κ1) is 25.4. The van der Waals surface area contributed by atoms with E-state index in [-0.39, 0.29) is 30.1 Å². The normalized spacial score (nSPS) is 12.5. The zero-order valence-electron chi connectivity index (χ0n) is 18.0. The number of halogens is 1. The Morgan fingerprint density at radius 1 is 1.21 bits per heavy atom. The van der Waals surface area contributed by atoms with Crippen molar-refractivity contribution in [2.45, 2.75) is 53.3 Å². The summed E-state index contributed by atoms with van der Waals surface area (Å²) in [7, 11) is 0. The standard InChI is InChI=1S/C21H34N6O.HI/c1-5-23-21(24-11-10-20(17(3)4)28-6-2)25-13-18-8-7-9-19(12-18)14-27-16-22-15-26-27;/h7-9,12,15-17,20H,5-6,10-11,13-14H2,1-4H3,(H2,23,24,25);1H. The van der Waals surface area contributed by atoms with Crippen molar-refractivity contribution >= 4 is 29.9 Å². The Kier molecular flexibility index (Phi) is 12.5. The van der Waals surface area contributed by atoms with Crippen LogP contribution in [0.25, 0.3) is 0 Å². The minimum absolute atomic E-state index is 0. The Balaban J connectivity index is 0.00000420. The predicted molar refractivity (Wildman–Crippen MR) is 129 cm³/mol. The van der Waals surface area contributed by atoms with Crippen LogP contribution in [-0.2, 0) is 17.8 Å².